The molecule has 128 valence electrons. The first-order valence-corrected chi connectivity index (χ1v) is 7.34. The van der Waals surface area contributed by atoms with Gasteiger partial charge >= 0.3 is 11.8 Å². The molecule has 0 radical (unpaired) electrons. The second-order valence-corrected chi connectivity index (χ2v) is 4.99. The average molecular weight is 341 g/mol. The number of carbonyl (C=O) groups excluding carboxylic acids is 2. The van der Waals surface area contributed by atoms with Crippen molar-refractivity contribution >= 4 is 23.7 Å². The molecule has 0 bridgehead atoms. The normalized spacial score (nSPS) is 12.0. The van der Waals surface area contributed by atoms with Crippen LogP contribution in [0.4, 0.5) is 5.69 Å². The van der Waals surface area contributed by atoms with Crippen molar-refractivity contribution < 1.29 is 23.8 Å². The van der Waals surface area contributed by atoms with E-state index in [1.54, 1.807) is 49.6 Å². The number of benzene rings is 2. The molecular weight excluding hydrogens is 326 g/mol. The number of carbonyl (C=O) groups is 2. The molecule has 8 heteroatoms. The van der Waals surface area contributed by atoms with Crippen LogP contribution in [0.3, 0.4) is 0 Å². The van der Waals surface area contributed by atoms with E-state index in [0.29, 0.717) is 28.5 Å². The third-order valence-electron chi connectivity index (χ3n) is 3.33. The molecule has 2 aromatic rings. The Bertz CT molecular complexity index is 818. The molecule has 0 saturated heterocycles. The van der Waals surface area contributed by atoms with Gasteiger partial charge in [0, 0.05) is 5.69 Å². The summed E-state index contributed by atoms with van der Waals surface area (Å²) < 4.78 is 15.5. The van der Waals surface area contributed by atoms with Gasteiger partial charge in [0.1, 0.15) is 5.75 Å². The predicted octanol–water partition coefficient (Wildman–Crippen LogP) is 1.51. The zero-order valence-corrected chi connectivity index (χ0v) is 13.3. The number of fused-ring (bicyclic) bond motifs is 1. The molecule has 0 atom stereocenters. The smallest absolute Gasteiger partial charge is 0.329 e. The first-order chi connectivity index (χ1) is 12.2. The zero-order valence-electron chi connectivity index (χ0n) is 13.3. The summed E-state index contributed by atoms with van der Waals surface area (Å²) in [6, 6.07) is 11.8. The second kappa shape index (κ2) is 7.35. The lowest BCUT2D eigenvalue weighted by molar-refractivity contribution is -0.136. The van der Waals surface area contributed by atoms with E-state index in [0.717, 1.165) is 0 Å². The molecule has 8 nitrogen and oxygen atoms in total. The summed E-state index contributed by atoms with van der Waals surface area (Å²) in [5.74, 6) is 0.198. The van der Waals surface area contributed by atoms with Gasteiger partial charge in [0.2, 0.25) is 6.79 Å². The van der Waals surface area contributed by atoms with Crippen molar-refractivity contribution in [1.82, 2.24) is 5.43 Å². The fourth-order valence-corrected chi connectivity index (χ4v) is 2.07. The number of nitrogens with zero attached hydrogens (tertiary/aromatic N) is 1. The Hall–Kier alpha value is -3.55. The molecule has 0 aromatic heterocycles. The monoisotopic (exact) mass is 341 g/mol. The predicted molar refractivity (Wildman–Crippen MR) is 89.9 cm³/mol. The van der Waals surface area contributed by atoms with E-state index in [2.05, 4.69) is 15.8 Å². The summed E-state index contributed by atoms with van der Waals surface area (Å²) >= 11 is 0. The van der Waals surface area contributed by atoms with Gasteiger partial charge in [-0.3, -0.25) is 9.59 Å². The van der Waals surface area contributed by atoms with Crippen molar-refractivity contribution in [2.75, 3.05) is 19.2 Å². The maximum absolute atomic E-state index is 11.8. The van der Waals surface area contributed by atoms with Crippen molar-refractivity contribution in [3.63, 3.8) is 0 Å². The van der Waals surface area contributed by atoms with Gasteiger partial charge in [-0.1, -0.05) is 0 Å². The number of rotatable bonds is 4. The molecule has 2 amide bonds. The Morgan fingerprint density at radius 1 is 1.08 bits per heavy atom. The summed E-state index contributed by atoms with van der Waals surface area (Å²) in [6.07, 6.45) is 1.40. The highest BCUT2D eigenvalue weighted by Gasteiger charge is 2.14. The van der Waals surface area contributed by atoms with Crippen LogP contribution in [0.5, 0.6) is 17.2 Å². The first-order valence-electron chi connectivity index (χ1n) is 7.34. The molecule has 2 aromatic carbocycles. The molecule has 0 unspecified atom stereocenters. The lowest BCUT2D eigenvalue weighted by Gasteiger charge is -2.05. The maximum Gasteiger partial charge on any atom is 0.329 e. The van der Waals surface area contributed by atoms with Gasteiger partial charge in [0.05, 0.1) is 13.3 Å². The summed E-state index contributed by atoms with van der Waals surface area (Å²) in [6.45, 7) is 0.179. The number of hydrogen-bond acceptors (Lipinski definition) is 6. The minimum Gasteiger partial charge on any atom is -0.497 e. The van der Waals surface area contributed by atoms with Crippen molar-refractivity contribution in [3.8, 4) is 17.2 Å². The Morgan fingerprint density at radius 2 is 1.84 bits per heavy atom. The molecule has 1 aliphatic rings. The zero-order chi connectivity index (χ0) is 17.6. The summed E-state index contributed by atoms with van der Waals surface area (Å²) in [5.41, 5.74) is 3.33. The van der Waals surface area contributed by atoms with E-state index < -0.39 is 11.8 Å². The number of hydrazone groups is 1. The molecule has 0 spiro atoms. The van der Waals surface area contributed by atoms with E-state index in [1.165, 1.54) is 6.21 Å². The first kappa shape index (κ1) is 16.3. The fourth-order valence-electron chi connectivity index (χ4n) is 2.07. The van der Waals surface area contributed by atoms with Crippen molar-refractivity contribution in [2.24, 2.45) is 5.10 Å². The molecule has 25 heavy (non-hydrogen) atoms. The largest absolute Gasteiger partial charge is 0.497 e. The maximum atomic E-state index is 11.8. The van der Waals surface area contributed by atoms with Crippen LogP contribution in [0, 0.1) is 0 Å². The lowest BCUT2D eigenvalue weighted by atomic mass is 10.2. The average Bonchev–Trinajstić information content (AvgIpc) is 3.10. The van der Waals surface area contributed by atoms with E-state index in [4.69, 9.17) is 14.2 Å². The number of hydrogen-bond donors (Lipinski definition) is 2. The van der Waals surface area contributed by atoms with E-state index in [9.17, 15) is 9.59 Å². The minimum absolute atomic E-state index is 0.179. The quantitative estimate of drug-likeness (QED) is 0.499. The molecule has 0 aliphatic carbocycles. The Balaban J connectivity index is 1.53. The van der Waals surface area contributed by atoms with Crippen molar-refractivity contribution in [3.05, 3.63) is 48.0 Å². The summed E-state index contributed by atoms with van der Waals surface area (Å²) in [4.78, 5) is 23.5. The number of nitrogens with one attached hydrogen (secondary N) is 2. The van der Waals surface area contributed by atoms with Gasteiger partial charge in [0.25, 0.3) is 0 Å². The molecular formula is C17H15N3O5. The van der Waals surface area contributed by atoms with Crippen LogP contribution in [-0.4, -0.2) is 31.9 Å². The van der Waals surface area contributed by atoms with Gasteiger partial charge < -0.3 is 19.5 Å². The van der Waals surface area contributed by atoms with Gasteiger partial charge in [-0.25, -0.2) is 5.43 Å². The van der Waals surface area contributed by atoms with Crippen LogP contribution in [0.2, 0.25) is 0 Å². The van der Waals surface area contributed by atoms with E-state index in [1.807, 2.05) is 0 Å². The molecule has 1 aliphatic heterocycles. The van der Waals surface area contributed by atoms with E-state index >= 15 is 0 Å². The van der Waals surface area contributed by atoms with Crippen molar-refractivity contribution in [2.45, 2.75) is 0 Å². The van der Waals surface area contributed by atoms with Crippen LogP contribution in [0.1, 0.15) is 5.56 Å². The van der Waals surface area contributed by atoms with Crippen LogP contribution in [-0.2, 0) is 9.59 Å². The number of amides is 2. The topological polar surface area (TPSA) is 98.2 Å². The molecule has 0 fully saturated rings. The third kappa shape index (κ3) is 4.05. The molecule has 1 heterocycles. The highest BCUT2D eigenvalue weighted by Crippen LogP contribution is 2.31. The van der Waals surface area contributed by atoms with Crippen LogP contribution < -0.4 is 25.0 Å². The van der Waals surface area contributed by atoms with Gasteiger partial charge in [-0.2, -0.15) is 5.10 Å². The Morgan fingerprint density at radius 3 is 2.60 bits per heavy atom. The molecule has 2 N–H and O–H groups in total. The molecule has 0 saturated carbocycles. The van der Waals surface area contributed by atoms with Crippen molar-refractivity contribution in [1.29, 1.82) is 0 Å². The second-order valence-electron chi connectivity index (χ2n) is 4.99. The summed E-state index contributed by atoms with van der Waals surface area (Å²) in [5, 5.41) is 6.21. The highest BCUT2D eigenvalue weighted by molar-refractivity contribution is 6.39. The van der Waals surface area contributed by atoms with Crippen LogP contribution in [0.25, 0.3) is 0 Å². The van der Waals surface area contributed by atoms with Gasteiger partial charge in [0.15, 0.2) is 11.5 Å². The number of ether oxygens (including phenoxy) is 3. The van der Waals surface area contributed by atoms with Gasteiger partial charge in [-0.15, -0.1) is 0 Å². The number of methoxy groups -OCH3 is 1. The third-order valence-corrected chi connectivity index (χ3v) is 3.33. The Labute approximate surface area is 143 Å². The number of anilines is 1. The van der Waals surface area contributed by atoms with Crippen LogP contribution in [0.15, 0.2) is 47.6 Å². The molecule has 3 rings (SSSR count). The Kier molecular flexibility index (Phi) is 4.79. The standard InChI is InChI=1S/C17H15N3O5/c1-23-13-5-3-12(4-6-13)19-16(21)17(22)20-18-9-11-2-7-14-15(8-11)25-10-24-14/h2-9H,10H2,1H3,(H,19,21)(H,20,22). The van der Waals surface area contributed by atoms with Gasteiger partial charge in [-0.05, 0) is 48.0 Å². The lowest BCUT2D eigenvalue weighted by Crippen LogP contribution is -2.32. The highest BCUT2D eigenvalue weighted by atomic mass is 16.7. The van der Waals surface area contributed by atoms with E-state index in [-0.39, 0.29) is 6.79 Å². The summed E-state index contributed by atoms with van der Waals surface area (Å²) in [7, 11) is 1.54. The SMILES string of the molecule is COc1ccc(NC(=O)C(=O)NN=Cc2ccc3c(c2)OCO3)cc1. The van der Waals surface area contributed by atoms with Crippen LogP contribution >= 0.6 is 0 Å². The fraction of sp³-hybridized carbons (Fsp3) is 0.118. The minimum atomic E-state index is -0.882.